The Bertz CT molecular complexity index is 492. The summed E-state index contributed by atoms with van der Waals surface area (Å²) >= 11 is 0. The smallest absolute Gasteiger partial charge is 0.306 e. The van der Waals surface area contributed by atoms with E-state index in [9.17, 15) is 4.79 Å². The summed E-state index contributed by atoms with van der Waals surface area (Å²) < 4.78 is 4.94. The molecule has 0 spiro atoms. The Kier molecular flexibility index (Phi) is 5.20. The van der Waals surface area contributed by atoms with Crippen LogP contribution in [-0.2, 0) is 9.53 Å². The van der Waals surface area contributed by atoms with Crippen LogP contribution in [0.3, 0.4) is 0 Å². The molecule has 0 bridgehead atoms. The van der Waals surface area contributed by atoms with Gasteiger partial charge >= 0.3 is 5.97 Å². The molecule has 2 heterocycles. The third-order valence-corrected chi connectivity index (χ3v) is 2.94. The van der Waals surface area contributed by atoms with Gasteiger partial charge in [-0.1, -0.05) is 0 Å². The monoisotopic (exact) mass is 272 g/mol. The van der Waals surface area contributed by atoms with Crippen molar-refractivity contribution >= 4 is 5.97 Å². The summed E-state index contributed by atoms with van der Waals surface area (Å²) in [6.07, 6.45) is 7.00. The van der Waals surface area contributed by atoms with Crippen LogP contribution in [0.4, 0.5) is 0 Å². The summed E-state index contributed by atoms with van der Waals surface area (Å²) in [4.78, 5) is 19.8. The quantitative estimate of drug-likeness (QED) is 0.807. The molecule has 0 amide bonds. The van der Waals surface area contributed by atoms with Gasteiger partial charge in [-0.3, -0.25) is 14.8 Å². The number of rotatable bonds is 6. The van der Waals surface area contributed by atoms with Gasteiger partial charge in [0.05, 0.1) is 13.0 Å². The van der Waals surface area contributed by atoms with Crippen LogP contribution < -0.4 is 0 Å². The molecule has 20 heavy (non-hydrogen) atoms. The van der Waals surface area contributed by atoms with Crippen molar-refractivity contribution in [3.8, 4) is 0 Å². The number of aromatic nitrogens is 2. The second-order valence-electron chi connectivity index (χ2n) is 4.26. The van der Waals surface area contributed by atoms with E-state index in [4.69, 9.17) is 9.84 Å². The van der Waals surface area contributed by atoms with E-state index in [-0.39, 0.29) is 31.5 Å². The maximum absolute atomic E-state index is 11.8. The molecule has 0 radical (unpaired) electrons. The van der Waals surface area contributed by atoms with E-state index < -0.39 is 0 Å². The Morgan fingerprint density at radius 1 is 1.05 bits per heavy atom. The van der Waals surface area contributed by atoms with E-state index in [0.717, 1.165) is 11.1 Å². The first-order chi connectivity index (χ1) is 9.81. The van der Waals surface area contributed by atoms with E-state index in [1.807, 2.05) is 24.3 Å². The fourth-order valence-corrected chi connectivity index (χ4v) is 2.00. The normalized spacial score (nSPS) is 10.5. The van der Waals surface area contributed by atoms with Crippen LogP contribution in [-0.4, -0.2) is 34.3 Å². The third kappa shape index (κ3) is 3.86. The lowest BCUT2D eigenvalue weighted by atomic mass is 9.90. The fraction of sp³-hybridized carbons (Fsp3) is 0.267. The molecule has 5 heteroatoms. The van der Waals surface area contributed by atoms with E-state index >= 15 is 0 Å². The summed E-state index contributed by atoms with van der Waals surface area (Å²) in [7, 11) is 0. The second kappa shape index (κ2) is 7.35. The van der Waals surface area contributed by atoms with Gasteiger partial charge in [-0.05, 0) is 35.4 Å². The van der Waals surface area contributed by atoms with Gasteiger partial charge in [0.15, 0.2) is 0 Å². The molecule has 5 nitrogen and oxygen atoms in total. The van der Waals surface area contributed by atoms with Crippen molar-refractivity contribution in [2.75, 3.05) is 13.2 Å². The van der Waals surface area contributed by atoms with E-state index in [2.05, 4.69) is 9.97 Å². The molecule has 0 unspecified atom stereocenters. The molecule has 0 aliphatic heterocycles. The van der Waals surface area contributed by atoms with E-state index in [0.29, 0.717) is 0 Å². The van der Waals surface area contributed by atoms with Crippen LogP contribution in [0.25, 0.3) is 0 Å². The summed E-state index contributed by atoms with van der Waals surface area (Å²) in [5.41, 5.74) is 1.99. The van der Waals surface area contributed by atoms with Gasteiger partial charge in [0.2, 0.25) is 0 Å². The minimum atomic E-state index is -0.335. The third-order valence-electron chi connectivity index (χ3n) is 2.94. The molecule has 0 aromatic carbocycles. The fourth-order valence-electron chi connectivity index (χ4n) is 2.00. The van der Waals surface area contributed by atoms with Crippen molar-refractivity contribution < 1.29 is 14.6 Å². The van der Waals surface area contributed by atoms with E-state index in [1.165, 1.54) is 0 Å². The molecule has 0 aliphatic carbocycles. The zero-order valence-electron chi connectivity index (χ0n) is 11.0. The molecule has 0 fully saturated rings. The number of aliphatic hydroxyl groups excluding tert-OH is 1. The highest BCUT2D eigenvalue weighted by Gasteiger charge is 2.19. The van der Waals surface area contributed by atoms with Gasteiger partial charge in [-0.15, -0.1) is 0 Å². The van der Waals surface area contributed by atoms with E-state index in [1.54, 1.807) is 24.8 Å². The average molecular weight is 272 g/mol. The number of carbonyl (C=O) groups is 1. The number of esters is 1. The molecule has 1 N–H and O–H groups in total. The Morgan fingerprint density at radius 2 is 1.55 bits per heavy atom. The summed E-state index contributed by atoms with van der Waals surface area (Å²) in [6, 6.07) is 7.52. The molecule has 0 aliphatic rings. The second-order valence-corrected chi connectivity index (χ2v) is 4.26. The van der Waals surface area contributed by atoms with Crippen molar-refractivity contribution in [2.24, 2.45) is 0 Å². The lowest BCUT2D eigenvalue weighted by Crippen LogP contribution is -2.13. The lowest BCUT2D eigenvalue weighted by Gasteiger charge is -2.16. The molecule has 0 saturated carbocycles. The number of nitrogens with zero attached hydrogens (tertiary/aromatic N) is 2. The maximum Gasteiger partial charge on any atom is 0.306 e. The summed E-state index contributed by atoms with van der Waals surface area (Å²) in [5, 5.41) is 8.69. The first-order valence-corrected chi connectivity index (χ1v) is 6.37. The molecular weight excluding hydrogens is 256 g/mol. The minimum Gasteiger partial charge on any atom is -0.463 e. The lowest BCUT2D eigenvalue weighted by molar-refractivity contribution is -0.144. The molecular formula is C15H16N2O3. The van der Waals surface area contributed by atoms with Crippen molar-refractivity contribution in [1.29, 1.82) is 0 Å². The number of hydrogen-bond acceptors (Lipinski definition) is 5. The largest absolute Gasteiger partial charge is 0.463 e. The van der Waals surface area contributed by atoms with Crippen LogP contribution in [0.15, 0.2) is 49.1 Å². The van der Waals surface area contributed by atoms with Crippen LogP contribution in [0, 0.1) is 0 Å². The van der Waals surface area contributed by atoms with Crippen LogP contribution >= 0.6 is 0 Å². The Morgan fingerprint density at radius 3 is 2.00 bits per heavy atom. The zero-order chi connectivity index (χ0) is 14.2. The standard InChI is InChI=1S/C15H16N2O3/c18-9-10-20-15(19)11-14(12-1-5-16-6-2-12)13-3-7-17-8-4-13/h1-8,14,18H,9-11H2. The maximum atomic E-state index is 11.8. The number of aliphatic hydroxyl groups is 1. The van der Waals surface area contributed by atoms with Crippen LogP contribution in [0.1, 0.15) is 23.5 Å². The predicted octanol–water partition coefficient (Wildman–Crippen LogP) is 1.53. The van der Waals surface area contributed by atoms with Crippen molar-refractivity contribution in [3.63, 3.8) is 0 Å². The zero-order valence-corrected chi connectivity index (χ0v) is 11.0. The van der Waals surface area contributed by atoms with Crippen LogP contribution in [0.5, 0.6) is 0 Å². The number of carbonyl (C=O) groups excluding carboxylic acids is 1. The topological polar surface area (TPSA) is 72.3 Å². The summed E-state index contributed by atoms with van der Waals surface area (Å²) in [6.45, 7) is -0.140. The van der Waals surface area contributed by atoms with Crippen LogP contribution in [0.2, 0.25) is 0 Å². The highest BCUT2D eigenvalue weighted by molar-refractivity contribution is 5.71. The van der Waals surface area contributed by atoms with Gasteiger partial charge in [-0.2, -0.15) is 0 Å². The average Bonchev–Trinajstić information content (AvgIpc) is 2.52. The number of pyridine rings is 2. The van der Waals surface area contributed by atoms with Gasteiger partial charge < -0.3 is 9.84 Å². The first-order valence-electron chi connectivity index (χ1n) is 6.37. The van der Waals surface area contributed by atoms with Crippen molar-refractivity contribution in [3.05, 3.63) is 60.2 Å². The Hall–Kier alpha value is -2.27. The number of ether oxygens (including phenoxy) is 1. The minimum absolute atomic E-state index is 0.0260. The molecule has 2 aromatic heterocycles. The summed E-state index contributed by atoms with van der Waals surface area (Å²) in [5.74, 6) is -0.440. The van der Waals surface area contributed by atoms with Gasteiger partial charge in [0.25, 0.3) is 0 Å². The highest BCUT2D eigenvalue weighted by atomic mass is 16.5. The molecule has 104 valence electrons. The molecule has 2 rings (SSSR count). The highest BCUT2D eigenvalue weighted by Crippen LogP contribution is 2.27. The van der Waals surface area contributed by atoms with Gasteiger partial charge in [-0.25, -0.2) is 0 Å². The Balaban J connectivity index is 2.19. The first kappa shape index (κ1) is 14.1. The predicted molar refractivity (Wildman–Crippen MR) is 73.0 cm³/mol. The van der Waals surface area contributed by atoms with Crippen molar-refractivity contribution in [2.45, 2.75) is 12.3 Å². The number of hydrogen-bond donors (Lipinski definition) is 1. The van der Waals surface area contributed by atoms with Crippen molar-refractivity contribution in [1.82, 2.24) is 9.97 Å². The van der Waals surface area contributed by atoms with Gasteiger partial charge in [0.1, 0.15) is 6.61 Å². The Labute approximate surface area is 117 Å². The SMILES string of the molecule is O=C(CC(c1ccncc1)c1ccncc1)OCCO. The molecule has 2 aromatic rings. The molecule has 0 saturated heterocycles. The molecule has 0 atom stereocenters. The van der Waals surface area contributed by atoms with Gasteiger partial charge in [0, 0.05) is 30.7 Å².